The predicted molar refractivity (Wildman–Crippen MR) is 432 cm³/mol. The van der Waals surface area contributed by atoms with Crippen molar-refractivity contribution in [2.45, 2.75) is 0 Å². The Hall–Kier alpha value is -14.5. The Morgan fingerprint density at radius 1 is 0.198 bits per heavy atom. The maximum Gasteiger partial charge on any atom is 0.167 e. The topological polar surface area (TPSA) is 113 Å². The van der Waals surface area contributed by atoms with Gasteiger partial charge in [-0.3, -0.25) is 0 Å². The van der Waals surface area contributed by atoms with Crippen molar-refractivity contribution in [1.29, 1.82) is 0 Å². The SMILES string of the molecule is c1ccc(-c2ccc(-c3nc(-c4ccc5c(-c6cccc(-c7nc(-c8ccccc8)nc(-c8cccc9c8oc8cccc(-n%10c%11ccccc%11c%11cc%12ccccc%12cc%11%10)c89)n7)c6)cccc5c4)nc(-c4cccc5oc6c(-n7c8ccccc8c8c9ccccc9ccc87)cccc6c45)n3)cc2)cc1. The molecule has 492 valence electrons. The summed E-state index contributed by atoms with van der Waals surface area (Å²) in [5, 5.41) is 15.5. The minimum Gasteiger partial charge on any atom is -0.455 e. The quantitative estimate of drug-likeness (QED) is 0.133. The van der Waals surface area contributed by atoms with Gasteiger partial charge in [-0.05, 0) is 127 Å². The molecule has 6 aromatic heterocycles. The molecule has 0 aliphatic carbocycles. The Kier molecular flexibility index (Phi) is 13.2. The van der Waals surface area contributed by atoms with Crippen LogP contribution in [0, 0.1) is 0 Å². The molecule has 22 aromatic rings. The molecule has 16 aromatic carbocycles. The van der Waals surface area contributed by atoms with Gasteiger partial charge in [-0.25, -0.2) is 29.9 Å². The number of aromatic nitrogens is 8. The van der Waals surface area contributed by atoms with E-state index in [1.165, 1.54) is 43.1 Å². The lowest BCUT2D eigenvalue weighted by atomic mass is 9.95. The van der Waals surface area contributed by atoms with Crippen LogP contribution in [0.5, 0.6) is 0 Å². The van der Waals surface area contributed by atoms with Crippen LogP contribution in [-0.2, 0) is 0 Å². The van der Waals surface area contributed by atoms with Gasteiger partial charge in [0, 0.05) is 65.5 Å². The van der Waals surface area contributed by atoms with Gasteiger partial charge in [-0.1, -0.05) is 267 Å². The highest BCUT2D eigenvalue weighted by Gasteiger charge is 2.26. The molecule has 0 radical (unpaired) electrons. The smallest absolute Gasteiger partial charge is 0.167 e. The molecule has 0 atom stereocenters. The fourth-order valence-electron chi connectivity index (χ4n) is 16.3. The molecule has 22 rings (SSSR count). The molecule has 106 heavy (non-hydrogen) atoms. The van der Waals surface area contributed by atoms with E-state index in [1.807, 2.05) is 48.5 Å². The third kappa shape index (κ3) is 9.38. The average Bonchev–Trinajstić information content (AvgIpc) is 1.57. The summed E-state index contributed by atoms with van der Waals surface area (Å²) in [6.45, 7) is 0. The van der Waals surface area contributed by atoms with Gasteiger partial charge >= 0.3 is 0 Å². The molecule has 0 unspecified atom stereocenters. The van der Waals surface area contributed by atoms with Gasteiger partial charge in [0.1, 0.15) is 16.7 Å². The summed E-state index contributed by atoms with van der Waals surface area (Å²) in [5.41, 5.74) is 18.7. The van der Waals surface area contributed by atoms with Crippen molar-refractivity contribution in [3.63, 3.8) is 0 Å². The van der Waals surface area contributed by atoms with E-state index in [4.69, 9.17) is 38.7 Å². The predicted octanol–water partition coefficient (Wildman–Crippen LogP) is 24.8. The molecule has 0 aliphatic rings. The molecular weight excluding hydrogens is 1300 g/mol. The summed E-state index contributed by atoms with van der Waals surface area (Å²) in [6.07, 6.45) is 0. The van der Waals surface area contributed by atoms with Crippen LogP contribution < -0.4 is 0 Å². The van der Waals surface area contributed by atoms with Crippen molar-refractivity contribution < 1.29 is 8.83 Å². The second kappa shape index (κ2) is 23.5. The third-order valence-electron chi connectivity index (χ3n) is 21.2. The van der Waals surface area contributed by atoms with E-state index in [-0.39, 0.29) is 0 Å². The number of para-hydroxylation sites is 4. The third-order valence-corrected chi connectivity index (χ3v) is 21.2. The van der Waals surface area contributed by atoms with Crippen LogP contribution in [0.4, 0.5) is 0 Å². The van der Waals surface area contributed by atoms with E-state index in [0.717, 1.165) is 138 Å². The summed E-state index contributed by atoms with van der Waals surface area (Å²) >= 11 is 0. The zero-order valence-electron chi connectivity index (χ0n) is 56.7. The highest BCUT2D eigenvalue weighted by atomic mass is 16.3. The lowest BCUT2D eigenvalue weighted by Crippen LogP contribution is -2.01. The van der Waals surface area contributed by atoms with E-state index in [2.05, 4.69) is 300 Å². The number of rotatable bonds is 10. The average molecular weight is 1350 g/mol. The second-order valence-corrected chi connectivity index (χ2v) is 27.2. The molecule has 0 N–H and O–H groups in total. The summed E-state index contributed by atoms with van der Waals surface area (Å²) in [5.74, 6) is 3.22. The van der Waals surface area contributed by atoms with E-state index in [0.29, 0.717) is 40.5 Å². The Balaban J connectivity index is 0.658. The highest BCUT2D eigenvalue weighted by Crippen LogP contribution is 2.46. The Morgan fingerprint density at radius 3 is 1.45 bits per heavy atom. The number of hydrogen-bond donors (Lipinski definition) is 0. The molecule has 0 fully saturated rings. The van der Waals surface area contributed by atoms with Gasteiger partial charge in [-0.15, -0.1) is 0 Å². The Bertz CT molecular complexity index is 7400. The van der Waals surface area contributed by atoms with E-state index < -0.39 is 0 Å². The maximum absolute atomic E-state index is 7.07. The first-order chi connectivity index (χ1) is 52.5. The molecule has 0 saturated carbocycles. The van der Waals surface area contributed by atoms with Crippen molar-refractivity contribution in [1.82, 2.24) is 39.0 Å². The van der Waals surface area contributed by atoms with Gasteiger partial charge in [0.2, 0.25) is 0 Å². The first-order valence-electron chi connectivity index (χ1n) is 35.6. The molecule has 10 heteroatoms. The Morgan fingerprint density at radius 2 is 0.670 bits per heavy atom. The minimum atomic E-state index is 0.503. The molecular formula is C96H56N8O2. The Labute approximate surface area is 605 Å². The molecule has 0 saturated heterocycles. The lowest BCUT2D eigenvalue weighted by molar-refractivity contribution is 0.666. The van der Waals surface area contributed by atoms with Crippen molar-refractivity contribution in [3.8, 4) is 102 Å². The largest absolute Gasteiger partial charge is 0.455 e. The van der Waals surface area contributed by atoms with Crippen LogP contribution >= 0.6 is 0 Å². The molecule has 0 spiro atoms. The van der Waals surface area contributed by atoms with Gasteiger partial charge in [-0.2, -0.15) is 0 Å². The minimum absolute atomic E-state index is 0.503. The number of hydrogen-bond acceptors (Lipinski definition) is 8. The molecule has 6 heterocycles. The van der Waals surface area contributed by atoms with Crippen LogP contribution in [0.15, 0.2) is 349 Å². The number of benzene rings is 16. The maximum atomic E-state index is 7.07. The normalized spacial score (nSPS) is 12.0. The first kappa shape index (κ1) is 59.2. The highest BCUT2D eigenvalue weighted by molar-refractivity contribution is 6.23. The van der Waals surface area contributed by atoms with Crippen molar-refractivity contribution >= 4 is 120 Å². The monoisotopic (exact) mass is 1350 g/mol. The van der Waals surface area contributed by atoms with Crippen LogP contribution in [0.3, 0.4) is 0 Å². The standard InChI is InChI=1S/C96H56N8O2/c1-3-21-57(22-4-1)58-45-47-61(48-46-58)92-98-94(101-95(99-92)75-37-19-43-84-87(75)73-36-18-42-82(90(73)106-84)103-79-40-14-12-33-72(79)86-70-31-10-9-23-59(70)50-52-81(86)103)67-49-51-69-65(54-67)29-16-34-68(69)64-28-15-30-66(53-64)93-97-91(60-24-5-2-6-25-60)100-96(102-93)76-38-17-35-74-88-80(41-20-44-85(88)105-89(74)76)104-78-39-13-11-32-71(78)77-55-62-26-7-8-27-63(62)56-83(77)104/h1-56H. The summed E-state index contributed by atoms with van der Waals surface area (Å²) in [4.78, 5) is 32.1. The molecule has 10 nitrogen and oxygen atoms in total. The van der Waals surface area contributed by atoms with Crippen molar-refractivity contribution in [2.24, 2.45) is 0 Å². The van der Waals surface area contributed by atoms with Crippen LogP contribution in [-0.4, -0.2) is 39.0 Å². The first-order valence-corrected chi connectivity index (χ1v) is 35.6. The zero-order chi connectivity index (χ0) is 69.5. The second-order valence-electron chi connectivity index (χ2n) is 27.2. The van der Waals surface area contributed by atoms with Crippen molar-refractivity contribution in [3.05, 3.63) is 340 Å². The van der Waals surface area contributed by atoms with Gasteiger partial charge in [0.05, 0.1) is 44.4 Å². The van der Waals surface area contributed by atoms with Gasteiger partial charge in [0.15, 0.2) is 40.5 Å². The van der Waals surface area contributed by atoms with E-state index >= 15 is 0 Å². The molecule has 0 aliphatic heterocycles. The lowest BCUT2D eigenvalue weighted by Gasteiger charge is -2.12. The van der Waals surface area contributed by atoms with Crippen LogP contribution in [0.25, 0.3) is 222 Å². The van der Waals surface area contributed by atoms with Gasteiger partial charge in [0.25, 0.3) is 0 Å². The molecule has 0 amide bonds. The summed E-state index contributed by atoms with van der Waals surface area (Å²) < 4.78 is 18.8. The molecule has 0 bridgehead atoms. The van der Waals surface area contributed by atoms with Crippen LogP contribution in [0.2, 0.25) is 0 Å². The summed E-state index contributed by atoms with van der Waals surface area (Å²) in [7, 11) is 0. The van der Waals surface area contributed by atoms with E-state index in [9.17, 15) is 0 Å². The zero-order valence-corrected chi connectivity index (χ0v) is 56.7. The number of fused-ring (bicyclic) bond motifs is 16. The fourth-order valence-corrected chi connectivity index (χ4v) is 16.3. The fraction of sp³-hybridized carbons (Fsp3) is 0. The van der Waals surface area contributed by atoms with Gasteiger partial charge < -0.3 is 18.0 Å². The number of furan rings is 2. The summed E-state index contributed by atoms with van der Waals surface area (Å²) in [6, 6.07) is 119. The van der Waals surface area contributed by atoms with Crippen LogP contribution in [0.1, 0.15) is 0 Å². The van der Waals surface area contributed by atoms with Crippen molar-refractivity contribution in [2.75, 3.05) is 0 Å². The number of nitrogens with zero attached hydrogens (tertiary/aromatic N) is 8. The van der Waals surface area contributed by atoms with E-state index in [1.54, 1.807) is 0 Å².